The fourth-order valence-electron chi connectivity index (χ4n) is 1.40. The number of hydrogen-bond acceptors (Lipinski definition) is 6. The first-order valence-electron chi connectivity index (χ1n) is 4.26. The van der Waals surface area contributed by atoms with Crippen molar-refractivity contribution in [1.29, 1.82) is 0 Å². The molecule has 0 spiro atoms. The molecule has 5 nitrogen and oxygen atoms in total. The van der Waals surface area contributed by atoms with Gasteiger partial charge >= 0.3 is 0 Å². The van der Waals surface area contributed by atoms with E-state index in [1.165, 1.54) is 17.6 Å². The van der Waals surface area contributed by atoms with Crippen molar-refractivity contribution in [2.45, 2.75) is 0 Å². The zero-order chi connectivity index (χ0) is 10.3. The number of hydrogen-bond donors (Lipinski definition) is 1. The standard InChI is InChI=1S/C9H6N4OS/c10-7-5-2-1-3-11-9(5)15-8(7)6-4-14-13-12-6/h1-4H,10H2. The molecule has 0 atom stereocenters. The van der Waals surface area contributed by atoms with Crippen LogP contribution in [0.4, 0.5) is 5.69 Å². The van der Waals surface area contributed by atoms with E-state index in [0.717, 1.165) is 15.1 Å². The van der Waals surface area contributed by atoms with Crippen LogP contribution >= 0.6 is 11.3 Å². The van der Waals surface area contributed by atoms with Gasteiger partial charge < -0.3 is 10.3 Å². The van der Waals surface area contributed by atoms with Gasteiger partial charge in [-0.15, -0.1) is 16.4 Å². The Morgan fingerprint density at radius 1 is 1.40 bits per heavy atom. The molecule has 3 aromatic heterocycles. The van der Waals surface area contributed by atoms with E-state index in [1.807, 2.05) is 12.1 Å². The lowest BCUT2D eigenvalue weighted by Crippen LogP contribution is -1.85. The molecule has 0 saturated heterocycles. The first-order valence-corrected chi connectivity index (χ1v) is 5.08. The summed E-state index contributed by atoms with van der Waals surface area (Å²) in [6, 6.07) is 3.79. The summed E-state index contributed by atoms with van der Waals surface area (Å²) >= 11 is 1.48. The number of nitrogens with zero attached hydrogens (tertiary/aromatic N) is 3. The van der Waals surface area contributed by atoms with Crippen LogP contribution in [0.25, 0.3) is 20.8 Å². The van der Waals surface area contributed by atoms with Gasteiger partial charge in [-0.3, -0.25) is 0 Å². The first-order chi connectivity index (χ1) is 7.36. The fourth-order valence-corrected chi connectivity index (χ4v) is 2.41. The van der Waals surface area contributed by atoms with Crippen LogP contribution in [0, 0.1) is 0 Å². The van der Waals surface area contributed by atoms with Crippen LogP contribution < -0.4 is 5.73 Å². The highest BCUT2D eigenvalue weighted by molar-refractivity contribution is 7.22. The van der Waals surface area contributed by atoms with Gasteiger partial charge in [0.05, 0.1) is 10.6 Å². The maximum absolute atomic E-state index is 5.99. The van der Waals surface area contributed by atoms with E-state index >= 15 is 0 Å². The third-order valence-electron chi connectivity index (χ3n) is 2.10. The molecule has 2 N–H and O–H groups in total. The topological polar surface area (TPSA) is 77.8 Å². The van der Waals surface area contributed by atoms with Crippen molar-refractivity contribution in [3.63, 3.8) is 0 Å². The van der Waals surface area contributed by atoms with E-state index in [-0.39, 0.29) is 0 Å². The minimum atomic E-state index is 0.649. The molecule has 0 unspecified atom stereocenters. The lowest BCUT2D eigenvalue weighted by Gasteiger charge is -1.91. The molecule has 3 aromatic rings. The van der Waals surface area contributed by atoms with Crippen molar-refractivity contribution in [2.24, 2.45) is 0 Å². The Hall–Kier alpha value is -1.95. The predicted octanol–water partition coefficient (Wildman–Crippen LogP) is 1.93. The third-order valence-corrected chi connectivity index (χ3v) is 3.25. The minimum Gasteiger partial charge on any atom is -0.397 e. The number of rotatable bonds is 1. The summed E-state index contributed by atoms with van der Waals surface area (Å²) in [7, 11) is 0. The Labute approximate surface area is 88.5 Å². The maximum atomic E-state index is 5.99. The van der Waals surface area contributed by atoms with Crippen LogP contribution in [0.1, 0.15) is 0 Å². The first kappa shape index (κ1) is 8.37. The number of nitrogen functional groups attached to an aromatic ring is 1. The van der Waals surface area contributed by atoms with E-state index in [9.17, 15) is 0 Å². The molecule has 0 radical (unpaired) electrons. The van der Waals surface area contributed by atoms with E-state index in [2.05, 4.69) is 19.9 Å². The molecular weight excluding hydrogens is 212 g/mol. The second kappa shape index (κ2) is 3.03. The highest BCUT2D eigenvalue weighted by atomic mass is 32.1. The quantitative estimate of drug-likeness (QED) is 0.675. The summed E-state index contributed by atoms with van der Waals surface area (Å²) in [5.74, 6) is 0. The normalized spacial score (nSPS) is 10.9. The van der Waals surface area contributed by atoms with Crippen molar-refractivity contribution in [3.8, 4) is 10.6 Å². The molecule has 0 amide bonds. The second-order valence-corrected chi connectivity index (χ2v) is 3.99. The minimum absolute atomic E-state index is 0.649. The van der Waals surface area contributed by atoms with Gasteiger partial charge in [0.15, 0.2) is 6.26 Å². The monoisotopic (exact) mass is 218 g/mol. The Bertz CT molecular complexity index is 602. The highest BCUT2D eigenvalue weighted by Crippen LogP contribution is 2.38. The van der Waals surface area contributed by atoms with Gasteiger partial charge in [0.2, 0.25) is 0 Å². The summed E-state index contributed by atoms with van der Waals surface area (Å²) in [5, 5.41) is 8.19. The van der Waals surface area contributed by atoms with E-state index < -0.39 is 0 Å². The van der Waals surface area contributed by atoms with Crippen molar-refractivity contribution in [3.05, 3.63) is 24.6 Å². The molecular formula is C9H6N4OS. The van der Waals surface area contributed by atoms with Gasteiger partial charge in [-0.05, 0) is 12.1 Å². The third kappa shape index (κ3) is 1.18. The smallest absolute Gasteiger partial charge is 0.153 e. The lowest BCUT2D eigenvalue weighted by molar-refractivity contribution is 0.393. The number of nitrogens with two attached hydrogens (primary N) is 1. The van der Waals surface area contributed by atoms with Crippen molar-refractivity contribution in [2.75, 3.05) is 5.73 Å². The number of pyridine rings is 1. The van der Waals surface area contributed by atoms with E-state index in [1.54, 1.807) is 6.20 Å². The molecule has 74 valence electrons. The molecule has 0 aromatic carbocycles. The number of aromatic nitrogens is 3. The van der Waals surface area contributed by atoms with Crippen LogP contribution in [0.3, 0.4) is 0 Å². The summed E-state index contributed by atoms with van der Waals surface area (Å²) in [6.45, 7) is 0. The largest absolute Gasteiger partial charge is 0.397 e. The van der Waals surface area contributed by atoms with E-state index in [0.29, 0.717) is 11.4 Å². The number of thiophene rings is 1. The van der Waals surface area contributed by atoms with Crippen LogP contribution in [0.5, 0.6) is 0 Å². The average molecular weight is 218 g/mol. The SMILES string of the molecule is Nc1c(-c2conn2)sc2ncccc12. The number of anilines is 1. The van der Waals surface area contributed by atoms with Gasteiger partial charge in [0.1, 0.15) is 10.5 Å². The molecule has 3 heterocycles. The molecule has 0 bridgehead atoms. The van der Waals surface area contributed by atoms with Crippen LogP contribution in [-0.4, -0.2) is 15.4 Å². The molecule has 0 aliphatic rings. The molecule has 15 heavy (non-hydrogen) atoms. The maximum Gasteiger partial charge on any atom is 0.153 e. The van der Waals surface area contributed by atoms with Crippen LogP contribution in [0.15, 0.2) is 29.1 Å². The highest BCUT2D eigenvalue weighted by Gasteiger charge is 2.13. The number of fused-ring (bicyclic) bond motifs is 1. The zero-order valence-electron chi connectivity index (χ0n) is 7.54. The summed E-state index contributed by atoms with van der Waals surface area (Å²) < 4.78 is 4.69. The average Bonchev–Trinajstić information content (AvgIpc) is 2.87. The zero-order valence-corrected chi connectivity index (χ0v) is 8.36. The summed E-state index contributed by atoms with van der Waals surface area (Å²) in [4.78, 5) is 5.98. The second-order valence-electron chi connectivity index (χ2n) is 2.99. The molecule has 0 aliphatic heterocycles. The molecule has 0 fully saturated rings. The van der Waals surface area contributed by atoms with Crippen molar-refractivity contribution >= 4 is 27.2 Å². The molecule has 3 rings (SSSR count). The predicted molar refractivity (Wildman–Crippen MR) is 57.3 cm³/mol. The molecule has 6 heteroatoms. The van der Waals surface area contributed by atoms with Gasteiger partial charge in [-0.25, -0.2) is 4.98 Å². The van der Waals surface area contributed by atoms with Gasteiger partial charge in [0, 0.05) is 16.9 Å². The lowest BCUT2D eigenvalue weighted by atomic mass is 10.2. The van der Waals surface area contributed by atoms with Crippen molar-refractivity contribution < 1.29 is 4.52 Å². The summed E-state index contributed by atoms with van der Waals surface area (Å²) in [5.41, 5.74) is 7.32. The Kier molecular flexibility index (Phi) is 1.69. The van der Waals surface area contributed by atoms with Gasteiger partial charge in [-0.2, -0.15) is 0 Å². The fraction of sp³-hybridized carbons (Fsp3) is 0. The van der Waals surface area contributed by atoms with Crippen LogP contribution in [-0.2, 0) is 0 Å². The Morgan fingerprint density at radius 3 is 3.07 bits per heavy atom. The molecule has 0 saturated carbocycles. The van der Waals surface area contributed by atoms with Gasteiger partial charge in [0.25, 0.3) is 0 Å². The summed E-state index contributed by atoms with van der Waals surface area (Å²) in [6.07, 6.45) is 3.21. The Balaban J connectivity index is 2.33. The van der Waals surface area contributed by atoms with E-state index in [4.69, 9.17) is 5.73 Å². The van der Waals surface area contributed by atoms with Gasteiger partial charge in [-0.1, -0.05) is 0 Å². The molecule has 0 aliphatic carbocycles. The van der Waals surface area contributed by atoms with Crippen LogP contribution in [0.2, 0.25) is 0 Å². The van der Waals surface area contributed by atoms with Crippen molar-refractivity contribution in [1.82, 2.24) is 15.4 Å². The Morgan fingerprint density at radius 2 is 2.33 bits per heavy atom.